The number of fused-ring (bicyclic) bond motifs is 2. The van der Waals surface area contributed by atoms with Crippen LogP contribution in [0.25, 0.3) is 21.8 Å². The second-order valence-corrected chi connectivity index (χ2v) is 6.54. The molecule has 2 aromatic heterocycles. The van der Waals surface area contributed by atoms with Gasteiger partial charge in [-0.2, -0.15) is 10.4 Å². The third-order valence-electron chi connectivity index (χ3n) is 4.90. The van der Waals surface area contributed by atoms with Gasteiger partial charge >= 0.3 is 0 Å². The lowest BCUT2D eigenvalue weighted by molar-refractivity contribution is 0.164. The van der Waals surface area contributed by atoms with Crippen molar-refractivity contribution in [3.05, 3.63) is 59.4 Å². The van der Waals surface area contributed by atoms with Gasteiger partial charge in [-0.05, 0) is 42.8 Å². The molecule has 4 rings (SSSR count). The van der Waals surface area contributed by atoms with Crippen LogP contribution in [0.2, 0.25) is 0 Å². The van der Waals surface area contributed by atoms with E-state index in [1.165, 1.54) is 0 Å². The Morgan fingerprint density at radius 1 is 1.26 bits per heavy atom. The maximum absolute atomic E-state index is 9.14. The Bertz CT molecular complexity index is 1170. The van der Waals surface area contributed by atoms with E-state index in [4.69, 9.17) is 19.8 Å². The zero-order valence-electron chi connectivity index (χ0n) is 15.5. The quantitative estimate of drug-likeness (QED) is 0.585. The zero-order chi connectivity index (χ0) is 19.0. The molecular formula is C21H20N4O2. The Kier molecular flexibility index (Phi) is 4.30. The first-order chi connectivity index (χ1) is 13.2. The van der Waals surface area contributed by atoms with Crippen molar-refractivity contribution >= 4 is 21.8 Å². The molecule has 4 aromatic rings. The van der Waals surface area contributed by atoms with E-state index in [2.05, 4.69) is 24.0 Å². The van der Waals surface area contributed by atoms with Crippen LogP contribution in [0.3, 0.4) is 0 Å². The van der Waals surface area contributed by atoms with E-state index in [9.17, 15) is 0 Å². The van der Waals surface area contributed by atoms with E-state index >= 15 is 0 Å². The van der Waals surface area contributed by atoms with Crippen LogP contribution < -0.4 is 4.74 Å². The number of nitrogens with one attached hydrogen (secondary N) is 1. The molecule has 136 valence electrons. The van der Waals surface area contributed by atoms with Gasteiger partial charge in [-0.1, -0.05) is 0 Å². The van der Waals surface area contributed by atoms with Gasteiger partial charge < -0.3 is 14.5 Å². The molecule has 2 aromatic carbocycles. The molecule has 1 atom stereocenters. The molecule has 6 heteroatoms. The zero-order valence-corrected chi connectivity index (χ0v) is 15.5. The minimum Gasteiger partial charge on any atom is -0.496 e. The van der Waals surface area contributed by atoms with Crippen molar-refractivity contribution in [3.63, 3.8) is 0 Å². The van der Waals surface area contributed by atoms with E-state index < -0.39 is 0 Å². The summed E-state index contributed by atoms with van der Waals surface area (Å²) in [4.78, 5) is 3.31. The molecule has 0 amide bonds. The van der Waals surface area contributed by atoms with Gasteiger partial charge in [-0.15, -0.1) is 0 Å². The third-order valence-corrected chi connectivity index (χ3v) is 4.90. The maximum atomic E-state index is 9.14. The van der Waals surface area contributed by atoms with Crippen molar-refractivity contribution in [2.45, 2.75) is 13.0 Å². The van der Waals surface area contributed by atoms with Crippen LogP contribution in [0.4, 0.5) is 0 Å². The first-order valence-electron chi connectivity index (χ1n) is 8.68. The average molecular weight is 360 g/mol. The smallest absolute Gasteiger partial charge is 0.125 e. The lowest BCUT2D eigenvalue weighted by Crippen LogP contribution is -2.18. The van der Waals surface area contributed by atoms with Gasteiger partial charge in [0, 0.05) is 41.4 Å². The van der Waals surface area contributed by atoms with Crippen LogP contribution >= 0.6 is 0 Å². The summed E-state index contributed by atoms with van der Waals surface area (Å²) in [6.45, 7) is 2.50. The molecule has 0 saturated carbocycles. The van der Waals surface area contributed by atoms with E-state index in [0.717, 1.165) is 38.7 Å². The number of H-pyrrole nitrogens is 1. The molecule has 1 unspecified atom stereocenters. The number of aromatic amines is 1. The fraction of sp³-hybridized carbons (Fsp3) is 0.238. The molecule has 6 nitrogen and oxygen atoms in total. The number of hydrogen-bond donors (Lipinski definition) is 1. The summed E-state index contributed by atoms with van der Waals surface area (Å²) in [6, 6.07) is 11.6. The summed E-state index contributed by atoms with van der Waals surface area (Å²) in [5, 5.41) is 15.9. The molecule has 0 aliphatic rings. The molecule has 0 aliphatic heterocycles. The second kappa shape index (κ2) is 6.78. The highest BCUT2D eigenvalue weighted by Crippen LogP contribution is 2.37. The van der Waals surface area contributed by atoms with Gasteiger partial charge in [0.05, 0.1) is 30.9 Å². The van der Waals surface area contributed by atoms with E-state index in [1.54, 1.807) is 26.4 Å². The Hall–Kier alpha value is -3.30. The number of aryl methyl sites for hydroxylation is 1. The minimum atomic E-state index is -0.165. The Labute approximate surface area is 156 Å². The molecule has 1 N–H and O–H groups in total. The van der Waals surface area contributed by atoms with Gasteiger partial charge in [0.1, 0.15) is 11.8 Å². The number of rotatable bonds is 5. The number of hydrogen-bond acceptors (Lipinski definition) is 4. The Morgan fingerprint density at radius 2 is 2.11 bits per heavy atom. The van der Waals surface area contributed by atoms with Crippen LogP contribution in [0.15, 0.2) is 42.7 Å². The lowest BCUT2D eigenvalue weighted by Gasteiger charge is -2.21. The number of benzene rings is 2. The second-order valence-electron chi connectivity index (χ2n) is 6.54. The fourth-order valence-electron chi connectivity index (χ4n) is 3.63. The number of ether oxygens (including phenoxy) is 2. The first kappa shape index (κ1) is 17.1. The summed E-state index contributed by atoms with van der Waals surface area (Å²) in [7, 11) is 3.36. The summed E-state index contributed by atoms with van der Waals surface area (Å²) in [6.07, 6.45) is 3.92. The van der Waals surface area contributed by atoms with Crippen molar-refractivity contribution in [1.82, 2.24) is 14.8 Å². The largest absolute Gasteiger partial charge is 0.496 e. The predicted molar refractivity (Wildman–Crippen MR) is 104 cm³/mol. The van der Waals surface area contributed by atoms with Crippen LogP contribution in [0.1, 0.15) is 22.7 Å². The first-order valence-corrected chi connectivity index (χ1v) is 8.68. The van der Waals surface area contributed by atoms with E-state index in [0.29, 0.717) is 12.2 Å². The highest BCUT2D eigenvalue weighted by Gasteiger charge is 2.24. The van der Waals surface area contributed by atoms with Crippen molar-refractivity contribution in [3.8, 4) is 11.8 Å². The Balaban J connectivity index is 1.94. The van der Waals surface area contributed by atoms with Gasteiger partial charge in [0.15, 0.2) is 0 Å². The van der Waals surface area contributed by atoms with Crippen molar-refractivity contribution in [1.29, 1.82) is 5.26 Å². The van der Waals surface area contributed by atoms with E-state index in [-0.39, 0.29) is 6.04 Å². The highest BCUT2D eigenvalue weighted by atomic mass is 16.5. The molecule has 0 radical (unpaired) electrons. The molecule has 2 heterocycles. The van der Waals surface area contributed by atoms with Gasteiger partial charge in [0.25, 0.3) is 0 Å². The van der Waals surface area contributed by atoms with Gasteiger partial charge in [-0.25, -0.2) is 0 Å². The molecule has 0 fully saturated rings. The highest BCUT2D eigenvalue weighted by molar-refractivity contribution is 5.89. The van der Waals surface area contributed by atoms with Crippen LogP contribution in [0.5, 0.6) is 5.75 Å². The standard InChI is InChI=1S/C21H20N4O2/c1-13-8-19(27-3)20(16-6-7-23-21(13)16)18(12-26-2)25-11-15-5-4-14(10-22)9-17(15)24-25/h4-9,11,18,23H,12H2,1-3H3. The molecule has 0 spiro atoms. The Morgan fingerprint density at radius 3 is 2.85 bits per heavy atom. The molecule has 27 heavy (non-hydrogen) atoms. The summed E-state index contributed by atoms with van der Waals surface area (Å²) in [5.74, 6) is 0.805. The molecule has 0 saturated heterocycles. The maximum Gasteiger partial charge on any atom is 0.125 e. The summed E-state index contributed by atoms with van der Waals surface area (Å²) in [5.41, 5.74) is 4.60. The molecule has 0 bridgehead atoms. The summed E-state index contributed by atoms with van der Waals surface area (Å²) < 4.78 is 13.1. The summed E-state index contributed by atoms with van der Waals surface area (Å²) >= 11 is 0. The molecule has 0 aliphatic carbocycles. The van der Waals surface area contributed by atoms with Crippen LogP contribution in [-0.4, -0.2) is 35.6 Å². The van der Waals surface area contributed by atoms with E-state index in [1.807, 2.05) is 29.2 Å². The third kappa shape index (κ3) is 2.82. The SMILES string of the molecule is COCC(c1c(OC)cc(C)c2[nH]ccc12)n1cc2ccc(C#N)cc2n1. The number of methoxy groups -OCH3 is 2. The average Bonchev–Trinajstić information content (AvgIpc) is 3.33. The number of aromatic nitrogens is 3. The molecular weight excluding hydrogens is 340 g/mol. The number of nitriles is 1. The monoisotopic (exact) mass is 360 g/mol. The normalized spacial score (nSPS) is 12.4. The van der Waals surface area contributed by atoms with Crippen molar-refractivity contribution in [2.24, 2.45) is 0 Å². The lowest BCUT2D eigenvalue weighted by atomic mass is 9.99. The topological polar surface area (TPSA) is 75.9 Å². The van der Waals surface area contributed by atoms with Gasteiger partial charge in [-0.3, -0.25) is 4.68 Å². The predicted octanol–water partition coefficient (Wildman–Crippen LogP) is 3.94. The number of nitrogens with zero attached hydrogens (tertiary/aromatic N) is 3. The van der Waals surface area contributed by atoms with Crippen molar-refractivity contribution < 1.29 is 9.47 Å². The van der Waals surface area contributed by atoms with Gasteiger partial charge in [0.2, 0.25) is 0 Å². The van der Waals surface area contributed by atoms with Crippen LogP contribution in [-0.2, 0) is 4.74 Å². The van der Waals surface area contributed by atoms with Crippen molar-refractivity contribution in [2.75, 3.05) is 20.8 Å². The fourth-order valence-corrected chi connectivity index (χ4v) is 3.63. The minimum absolute atomic E-state index is 0.165. The van der Waals surface area contributed by atoms with Crippen LogP contribution in [0, 0.1) is 18.3 Å².